The summed E-state index contributed by atoms with van der Waals surface area (Å²) < 4.78 is 23.6. The van der Waals surface area contributed by atoms with Crippen molar-refractivity contribution >= 4 is 17.2 Å². The van der Waals surface area contributed by atoms with Gasteiger partial charge in [0, 0.05) is 48.1 Å². The van der Waals surface area contributed by atoms with Gasteiger partial charge in [-0.25, -0.2) is 4.98 Å². The van der Waals surface area contributed by atoms with Crippen molar-refractivity contribution in [3.8, 4) is 5.75 Å². The van der Waals surface area contributed by atoms with E-state index in [-0.39, 0.29) is 11.6 Å². The topological polar surface area (TPSA) is 135 Å². The van der Waals surface area contributed by atoms with Crippen LogP contribution < -0.4 is 20.5 Å². The standard InChI is InChI=1S/C27H35N7O5/c1-20-17-24(27-31-25(18-26(35)34(27)19-20)33-8-11-37-12-9-33)21(2)30-22-3-5-23(6-4-22)39-16-15-38-14-13-36-10-7-29-32-28/h3-6,17-19,21,30H,7-16H2,1-2H3. The average molecular weight is 538 g/mol. The summed E-state index contributed by atoms with van der Waals surface area (Å²) >= 11 is 0. The molecule has 0 aliphatic carbocycles. The molecule has 1 aliphatic rings. The van der Waals surface area contributed by atoms with Gasteiger partial charge in [0.25, 0.3) is 5.56 Å². The maximum Gasteiger partial charge on any atom is 0.259 e. The van der Waals surface area contributed by atoms with E-state index in [0.717, 1.165) is 22.6 Å². The summed E-state index contributed by atoms with van der Waals surface area (Å²) in [5.41, 5.74) is 11.6. The minimum atomic E-state index is -0.0965. The summed E-state index contributed by atoms with van der Waals surface area (Å²) in [6.45, 7) is 9.17. The van der Waals surface area contributed by atoms with Gasteiger partial charge in [-0.05, 0) is 55.3 Å². The highest BCUT2D eigenvalue weighted by Gasteiger charge is 2.18. The number of aryl methyl sites for hydroxylation is 1. The van der Waals surface area contributed by atoms with Gasteiger partial charge in [-0.1, -0.05) is 5.11 Å². The van der Waals surface area contributed by atoms with Crippen LogP contribution in [0.1, 0.15) is 24.1 Å². The fourth-order valence-electron chi connectivity index (χ4n) is 4.30. The molecule has 1 N–H and O–H groups in total. The highest BCUT2D eigenvalue weighted by atomic mass is 16.5. The van der Waals surface area contributed by atoms with Crippen molar-refractivity contribution in [2.75, 3.05) is 76.1 Å². The maximum absolute atomic E-state index is 13.0. The van der Waals surface area contributed by atoms with Crippen LogP contribution in [0.4, 0.5) is 11.5 Å². The van der Waals surface area contributed by atoms with Crippen LogP contribution in [-0.2, 0) is 14.2 Å². The normalized spacial score (nSPS) is 14.2. The fourth-order valence-corrected chi connectivity index (χ4v) is 4.30. The first kappa shape index (κ1) is 28.2. The monoisotopic (exact) mass is 537 g/mol. The number of aromatic nitrogens is 2. The lowest BCUT2D eigenvalue weighted by atomic mass is 10.1. The third kappa shape index (κ3) is 8.08. The molecule has 0 bridgehead atoms. The van der Waals surface area contributed by atoms with Gasteiger partial charge in [-0.15, -0.1) is 0 Å². The second kappa shape index (κ2) is 14.4. The van der Waals surface area contributed by atoms with Crippen molar-refractivity contribution < 1.29 is 18.9 Å². The highest BCUT2D eigenvalue weighted by Crippen LogP contribution is 2.25. The molecule has 0 spiro atoms. The summed E-state index contributed by atoms with van der Waals surface area (Å²) in [5.74, 6) is 1.43. The van der Waals surface area contributed by atoms with Crippen molar-refractivity contribution in [2.45, 2.75) is 19.9 Å². The first-order chi connectivity index (χ1) is 19.0. The van der Waals surface area contributed by atoms with E-state index in [1.54, 1.807) is 10.5 Å². The van der Waals surface area contributed by atoms with Crippen LogP contribution in [0.5, 0.6) is 5.75 Å². The Hall–Kier alpha value is -3.83. The minimum absolute atomic E-state index is 0.0954. The molecule has 1 aliphatic heterocycles. The third-order valence-electron chi connectivity index (χ3n) is 6.22. The molecular formula is C27H35N7O5. The van der Waals surface area contributed by atoms with Gasteiger partial charge in [-0.2, -0.15) is 0 Å². The van der Waals surface area contributed by atoms with E-state index in [1.165, 1.54) is 0 Å². The Bertz CT molecular complexity index is 1320. The second-order valence-electron chi connectivity index (χ2n) is 9.14. The van der Waals surface area contributed by atoms with E-state index in [0.29, 0.717) is 77.3 Å². The van der Waals surface area contributed by atoms with Gasteiger partial charge >= 0.3 is 0 Å². The number of anilines is 2. The van der Waals surface area contributed by atoms with E-state index in [9.17, 15) is 4.79 Å². The number of nitrogens with one attached hydrogen (secondary N) is 1. The molecule has 0 amide bonds. The fraction of sp³-hybridized carbons (Fsp3) is 0.481. The zero-order chi connectivity index (χ0) is 27.5. The van der Waals surface area contributed by atoms with Crippen LogP contribution in [-0.4, -0.2) is 75.3 Å². The zero-order valence-electron chi connectivity index (χ0n) is 22.4. The van der Waals surface area contributed by atoms with Crippen LogP contribution in [0.25, 0.3) is 16.1 Å². The Labute approximate surface area is 227 Å². The lowest BCUT2D eigenvalue weighted by molar-refractivity contribution is 0.0388. The molecule has 0 saturated carbocycles. The van der Waals surface area contributed by atoms with Crippen LogP contribution in [0.3, 0.4) is 0 Å². The molecule has 1 unspecified atom stereocenters. The van der Waals surface area contributed by atoms with Gasteiger partial charge in [0.2, 0.25) is 0 Å². The molecule has 1 aromatic carbocycles. The van der Waals surface area contributed by atoms with Crippen LogP contribution in [0, 0.1) is 6.92 Å². The minimum Gasteiger partial charge on any atom is -0.491 e. The molecule has 3 aromatic rings. The van der Waals surface area contributed by atoms with Crippen molar-refractivity contribution in [1.29, 1.82) is 0 Å². The number of benzene rings is 1. The van der Waals surface area contributed by atoms with E-state index < -0.39 is 0 Å². The van der Waals surface area contributed by atoms with Gasteiger partial charge in [0.15, 0.2) is 0 Å². The Morgan fingerprint density at radius 2 is 1.82 bits per heavy atom. The smallest absolute Gasteiger partial charge is 0.259 e. The molecule has 4 rings (SSSR count). The summed E-state index contributed by atoms with van der Waals surface area (Å²) in [4.78, 5) is 22.6. The van der Waals surface area contributed by atoms with E-state index in [4.69, 9.17) is 29.5 Å². The number of azide groups is 1. The van der Waals surface area contributed by atoms with Crippen molar-refractivity contribution in [2.24, 2.45) is 5.11 Å². The molecule has 39 heavy (non-hydrogen) atoms. The zero-order valence-corrected chi connectivity index (χ0v) is 22.4. The van der Waals surface area contributed by atoms with Crippen LogP contribution in [0.2, 0.25) is 0 Å². The van der Waals surface area contributed by atoms with E-state index in [2.05, 4.69) is 33.2 Å². The molecule has 12 heteroatoms. The molecular weight excluding hydrogens is 502 g/mol. The number of hydrogen-bond donors (Lipinski definition) is 1. The Morgan fingerprint density at radius 1 is 1.10 bits per heavy atom. The maximum atomic E-state index is 13.0. The lowest BCUT2D eigenvalue weighted by Crippen LogP contribution is -2.37. The van der Waals surface area contributed by atoms with Crippen molar-refractivity contribution in [3.63, 3.8) is 0 Å². The third-order valence-corrected chi connectivity index (χ3v) is 6.22. The van der Waals surface area contributed by atoms with E-state index >= 15 is 0 Å². The van der Waals surface area contributed by atoms with Crippen molar-refractivity contribution in [3.05, 3.63) is 74.5 Å². The molecule has 2 aromatic heterocycles. The summed E-state index contributed by atoms with van der Waals surface area (Å²) in [5, 5.41) is 6.92. The van der Waals surface area contributed by atoms with Gasteiger partial charge in [0.05, 0.1) is 45.7 Å². The molecule has 1 fully saturated rings. The number of hydrogen-bond acceptors (Lipinski definition) is 9. The average Bonchev–Trinajstić information content (AvgIpc) is 2.95. The Balaban J connectivity index is 1.33. The van der Waals surface area contributed by atoms with Crippen LogP contribution in [0.15, 0.2) is 52.5 Å². The van der Waals surface area contributed by atoms with Gasteiger partial charge < -0.3 is 29.2 Å². The van der Waals surface area contributed by atoms with Crippen molar-refractivity contribution in [1.82, 2.24) is 9.38 Å². The predicted molar refractivity (Wildman–Crippen MR) is 149 cm³/mol. The molecule has 1 atom stereocenters. The summed E-state index contributed by atoms with van der Waals surface area (Å²) in [7, 11) is 0. The lowest BCUT2D eigenvalue weighted by Gasteiger charge is -2.28. The molecule has 3 heterocycles. The quantitative estimate of drug-likeness (QED) is 0.142. The number of pyridine rings is 1. The first-order valence-electron chi connectivity index (χ1n) is 13.1. The SMILES string of the molecule is Cc1cc(C(C)Nc2ccc(OCCOCCOCCN=[N+]=[N-])cc2)c2nc(N3CCOCC3)cc(=O)n2c1. The number of fused-ring (bicyclic) bond motifs is 1. The van der Waals surface area contributed by atoms with Crippen LogP contribution >= 0.6 is 0 Å². The predicted octanol–water partition coefficient (Wildman–Crippen LogP) is 3.73. The highest BCUT2D eigenvalue weighted by molar-refractivity contribution is 5.58. The molecule has 0 radical (unpaired) electrons. The largest absolute Gasteiger partial charge is 0.491 e. The van der Waals surface area contributed by atoms with Gasteiger partial charge in [0.1, 0.15) is 23.8 Å². The summed E-state index contributed by atoms with van der Waals surface area (Å²) in [6.07, 6.45) is 1.83. The number of rotatable bonds is 14. The van der Waals surface area contributed by atoms with Gasteiger partial charge in [-0.3, -0.25) is 9.20 Å². The Morgan fingerprint density at radius 3 is 2.56 bits per heavy atom. The first-order valence-corrected chi connectivity index (χ1v) is 13.1. The molecule has 12 nitrogen and oxygen atoms in total. The summed E-state index contributed by atoms with van der Waals surface area (Å²) in [6, 6.07) is 11.3. The second-order valence-corrected chi connectivity index (χ2v) is 9.14. The molecule has 1 saturated heterocycles. The number of nitrogens with zero attached hydrogens (tertiary/aromatic N) is 6. The molecule has 208 valence electrons. The number of ether oxygens (including phenoxy) is 4. The van der Waals surface area contributed by atoms with E-state index in [1.807, 2.05) is 37.4 Å². The Kier molecular flexibility index (Phi) is 10.4. The number of morpholine rings is 1.